The van der Waals surface area contributed by atoms with E-state index in [1.54, 1.807) is 55.5 Å². The quantitative estimate of drug-likeness (QED) is 0.818. The van der Waals surface area contributed by atoms with Gasteiger partial charge in [0, 0.05) is 5.69 Å². The molecule has 0 aliphatic carbocycles. The number of rotatable bonds is 6. The van der Waals surface area contributed by atoms with E-state index in [4.69, 9.17) is 14.7 Å². The number of hydrogen-bond acceptors (Lipinski definition) is 5. The van der Waals surface area contributed by atoms with Crippen LogP contribution in [0.2, 0.25) is 0 Å². The number of ether oxygens (including phenoxy) is 2. The molecule has 25 heavy (non-hydrogen) atoms. The molecular weight excluding hydrogens is 320 g/mol. The van der Waals surface area contributed by atoms with Crippen LogP contribution in [0.25, 0.3) is 0 Å². The third-order valence-electron chi connectivity index (χ3n) is 3.33. The van der Waals surface area contributed by atoms with Gasteiger partial charge in [-0.25, -0.2) is 4.79 Å². The average molecular weight is 338 g/mol. The third-order valence-corrected chi connectivity index (χ3v) is 3.33. The molecule has 0 aliphatic rings. The van der Waals surface area contributed by atoms with Gasteiger partial charge in [-0.3, -0.25) is 4.79 Å². The van der Waals surface area contributed by atoms with Gasteiger partial charge in [0.15, 0.2) is 12.2 Å². The molecule has 0 saturated carbocycles. The van der Waals surface area contributed by atoms with Crippen molar-refractivity contribution in [2.75, 3.05) is 5.32 Å². The van der Waals surface area contributed by atoms with Crippen LogP contribution in [-0.2, 0) is 14.3 Å². The molecule has 0 heterocycles. The number of benzene rings is 2. The second kappa shape index (κ2) is 8.50. The highest BCUT2D eigenvalue weighted by Crippen LogP contribution is 2.13. The Bertz CT molecular complexity index is 766. The molecule has 0 aromatic heterocycles. The maximum absolute atomic E-state index is 12.1. The molecule has 1 amide bonds. The highest BCUT2D eigenvalue weighted by atomic mass is 16.6. The monoisotopic (exact) mass is 338 g/mol. The second-order valence-electron chi connectivity index (χ2n) is 5.33. The molecule has 2 rings (SSSR count). The molecule has 0 aliphatic heterocycles. The van der Waals surface area contributed by atoms with E-state index >= 15 is 0 Å². The summed E-state index contributed by atoms with van der Waals surface area (Å²) in [5, 5.41) is 11.4. The molecule has 2 aromatic carbocycles. The lowest BCUT2D eigenvalue weighted by Gasteiger charge is -2.17. The summed E-state index contributed by atoms with van der Waals surface area (Å²) >= 11 is 0. The topological polar surface area (TPSA) is 88.4 Å². The van der Waals surface area contributed by atoms with Gasteiger partial charge in [-0.15, -0.1) is 0 Å². The Balaban J connectivity index is 1.86. The van der Waals surface area contributed by atoms with Crippen molar-refractivity contribution in [3.63, 3.8) is 0 Å². The number of carbonyl (C=O) groups excluding carboxylic acids is 2. The van der Waals surface area contributed by atoms with Gasteiger partial charge in [0.1, 0.15) is 5.75 Å². The molecule has 6 heteroatoms. The lowest BCUT2D eigenvalue weighted by molar-refractivity contribution is -0.159. The van der Waals surface area contributed by atoms with Crippen molar-refractivity contribution in [1.29, 1.82) is 5.26 Å². The fourth-order valence-electron chi connectivity index (χ4n) is 1.95. The van der Waals surface area contributed by atoms with Crippen molar-refractivity contribution in [3.05, 3.63) is 60.2 Å². The number of hydrogen-bond donors (Lipinski definition) is 1. The summed E-state index contributed by atoms with van der Waals surface area (Å²) in [6.45, 7) is 3.03. The minimum Gasteiger partial charge on any atom is -0.479 e. The maximum Gasteiger partial charge on any atom is 0.347 e. The van der Waals surface area contributed by atoms with Gasteiger partial charge in [0.25, 0.3) is 5.91 Å². The summed E-state index contributed by atoms with van der Waals surface area (Å²) in [6, 6.07) is 17.2. The lowest BCUT2D eigenvalue weighted by Crippen LogP contribution is -2.35. The Morgan fingerprint density at radius 2 is 1.64 bits per heavy atom. The van der Waals surface area contributed by atoms with Crippen molar-refractivity contribution in [2.45, 2.75) is 26.1 Å². The van der Waals surface area contributed by atoms with E-state index < -0.39 is 24.1 Å². The average Bonchev–Trinajstić information content (AvgIpc) is 2.63. The summed E-state index contributed by atoms with van der Waals surface area (Å²) in [4.78, 5) is 24.1. The Morgan fingerprint density at radius 1 is 1.00 bits per heavy atom. The lowest BCUT2D eigenvalue weighted by atomic mass is 10.2. The zero-order valence-electron chi connectivity index (χ0n) is 13.9. The molecule has 0 saturated heterocycles. The summed E-state index contributed by atoms with van der Waals surface area (Å²) in [7, 11) is 0. The molecule has 2 aromatic rings. The van der Waals surface area contributed by atoms with E-state index in [0.29, 0.717) is 17.0 Å². The molecule has 6 nitrogen and oxygen atoms in total. The van der Waals surface area contributed by atoms with Gasteiger partial charge in [-0.05, 0) is 50.2 Å². The van der Waals surface area contributed by atoms with Crippen LogP contribution in [0.1, 0.15) is 19.4 Å². The van der Waals surface area contributed by atoms with Crippen molar-refractivity contribution >= 4 is 17.6 Å². The van der Waals surface area contributed by atoms with Crippen LogP contribution in [0.15, 0.2) is 54.6 Å². The summed E-state index contributed by atoms with van der Waals surface area (Å²) in [5.41, 5.74) is 1.00. The first-order valence-electron chi connectivity index (χ1n) is 7.73. The standard InChI is InChI=1S/C19H18N2O4/c1-13(18(22)21-16-10-8-15(12-20)9-11-16)25-19(23)14(2)24-17-6-4-3-5-7-17/h3-11,13-14H,1-2H3,(H,21,22)/t13-,14-/m0/s1. The van der Waals surface area contributed by atoms with Crippen LogP contribution in [-0.4, -0.2) is 24.1 Å². The second-order valence-corrected chi connectivity index (χ2v) is 5.33. The number of anilines is 1. The van der Waals surface area contributed by atoms with Gasteiger partial charge in [-0.1, -0.05) is 18.2 Å². The fraction of sp³-hybridized carbons (Fsp3) is 0.211. The molecule has 1 N–H and O–H groups in total. The largest absolute Gasteiger partial charge is 0.479 e. The van der Waals surface area contributed by atoms with Crippen LogP contribution < -0.4 is 10.1 Å². The Kier molecular flexibility index (Phi) is 6.13. The highest BCUT2D eigenvalue weighted by molar-refractivity contribution is 5.95. The number of amides is 1. The van der Waals surface area contributed by atoms with Crippen LogP contribution in [0, 0.1) is 11.3 Å². The van der Waals surface area contributed by atoms with E-state index in [9.17, 15) is 9.59 Å². The predicted octanol–water partition coefficient (Wildman–Crippen LogP) is 2.90. The van der Waals surface area contributed by atoms with Crippen molar-refractivity contribution in [2.24, 2.45) is 0 Å². The molecule has 0 spiro atoms. The predicted molar refractivity (Wildman–Crippen MR) is 91.9 cm³/mol. The van der Waals surface area contributed by atoms with Crippen LogP contribution in [0.5, 0.6) is 5.75 Å². The minimum atomic E-state index is -0.982. The normalized spacial score (nSPS) is 12.4. The molecule has 0 radical (unpaired) electrons. The van der Waals surface area contributed by atoms with E-state index in [-0.39, 0.29) is 0 Å². The molecule has 0 bridgehead atoms. The van der Waals surface area contributed by atoms with Gasteiger partial charge < -0.3 is 14.8 Å². The zero-order chi connectivity index (χ0) is 18.2. The first kappa shape index (κ1) is 18.0. The fourth-order valence-corrected chi connectivity index (χ4v) is 1.95. The van der Waals surface area contributed by atoms with E-state index in [2.05, 4.69) is 5.32 Å². The SMILES string of the molecule is C[C@H](OC(=O)[C@H](C)Oc1ccccc1)C(=O)Nc1ccc(C#N)cc1. The van der Waals surface area contributed by atoms with Gasteiger partial charge in [0.05, 0.1) is 11.6 Å². The number of para-hydroxylation sites is 1. The molecule has 0 fully saturated rings. The number of esters is 1. The van der Waals surface area contributed by atoms with Crippen LogP contribution in [0.4, 0.5) is 5.69 Å². The smallest absolute Gasteiger partial charge is 0.347 e. The maximum atomic E-state index is 12.1. The van der Waals surface area contributed by atoms with E-state index in [0.717, 1.165) is 0 Å². The van der Waals surface area contributed by atoms with Crippen LogP contribution in [0.3, 0.4) is 0 Å². The van der Waals surface area contributed by atoms with E-state index in [1.165, 1.54) is 6.92 Å². The number of carbonyl (C=O) groups is 2. The molecule has 128 valence electrons. The van der Waals surface area contributed by atoms with Crippen molar-refractivity contribution in [1.82, 2.24) is 0 Å². The Morgan fingerprint density at radius 3 is 2.24 bits per heavy atom. The van der Waals surface area contributed by atoms with Crippen molar-refractivity contribution in [3.8, 4) is 11.8 Å². The highest BCUT2D eigenvalue weighted by Gasteiger charge is 2.23. The van der Waals surface area contributed by atoms with Gasteiger partial charge in [0.2, 0.25) is 0 Å². The summed E-state index contributed by atoms with van der Waals surface area (Å²) in [5.74, 6) is -0.557. The number of nitriles is 1. The number of nitrogens with zero attached hydrogens (tertiary/aromatic N) is 1. The molecule has 0 unspecified atom stereocenters. The minimum absolute atomic E-state index is 0.468. The number of nitrogens with one attached hydrogen (secondary N) is 1. The van der Waals surface area contributed by atoms with Gasteiger partial charge in [-0.2, -0.15) is 5.26 Å². The van der Waals surface area contributed by atoms with Crippen molar-refractivity contribution < 1.29 is 19.1 Å². The van der Waals surface area contributed by atoms with E-state index in [1.807, 2.05) is 12.1 Å². The summed E-state index contributed by atoms with van der Waals surface area (Å²) < 4.78 is 10.6. The first-order chi connectivity index (χ1) is 12.0. The Labute approximate surface area is 146 Å². The summed E-state index contributed by atoms with van der Waals surface area (Å²) in [6.07, 6.45) is -1.82. The molecular formula is C19H18N2O4. The Hall–Kier alpha value is -3.33. The molecule has 2 atom stereocenters. The van der Waals surface area contributed by atoms with Crippen LogP contribution >= 0.6 is 0 Å². The third kappa shape index (κ3) is 5.36. The van der Waals surface area contributed by atoms with Gasteiger partial charge >= 0.3 is 5.97 Å². The first-order valence-corrected chi connectivity index (χ1v) is 7.73. The zero-order valence-corrected chi connectivity index (χ0v) is 13.9.